The van der Waals surface area contributed by atoms with Crippen molar-refractivity contribution in [1.29, 1.82) is 5.41 Å². The van der Waals surface area contributed by atoms with E-state index >= 15 is 0 Å². The van der Waals surface area contributed by atoms with Gasteiger partial charge in [0.2, 0.25) is 5.91 Å². The lowest BCUT2D eigenvalue weighted by atomic mass is 9.97. The monoisotopic (exact) mass is 532 g/mol. The minimum atomic E-state index is -0.261. The Labute approximate surface area is 204 Å². The molecule has 4 N–H and O–H groups in total. The SMILES string of the molecule is COc1ccc(OC)c(NC(=O)CSC2=NC3NNC(C)C3C(=N)N2c2ccc(Br)cc2)c1. The number of hydrazine groups is 1. The lowest BCUT2D eigenvalue weighted by Crippen LogP contribution is -2.50. The number of nitrogens with zero attached hydrogens (tertiary/aromatic N) is 2. The van der Waals surface area contributed by atoms with Gasteiger partial charge in [0.05, 0.1) is 31.6 Å². The van der Waals surface area contributed by atoms with Gasteiger partial charge in [-0.3, -0.25) is 20.5 Å². The molecule has 2 aliphatic rings. The molecule has 174 valence electrons. The summed E-state index contributed by atoms with van der Waals surface area (Å²) in [5.74, 6) is 1.36. The molecule has 0 radical (unpaired) electrons. The van der Waals surface area contributed by atoms with E-state index < -0.39 is 0 Å². The van der Waals surface area contributed by atoms with E-state index in [-0.39, 0.29) is 29.8 Å². The van der Waals surface area contributed by atoms with Crippen molar-refractivity contribution in [2.45, 2.75) is 19.1 Å². The molecule has 2 aliphatic heterocycles. The Kier molecular flexibility index (Phi) is 7.23. The van der Waals surface area contributed by atoms with Gasteiger partial charge in [0.25, 0.3) is 0 Å². The number of rotatable bonds is 6. The Morgan fingerprint density at radius 3 is 2.67 bits per heavy atom. The minimum Gasteiger partial charge on any atom is -0.497 e. The molecular formula is C22H25BrN6O3S. The summed E-state index contributed by atoms with van der Waals surface area (Å²) in [4.78, 5) is 19.4. The molecule has 33 heavy (non-hydrogen) atoms. The number of benzene rings is 2. The molecule has 2 aromatic carbocycles. The Balaban J connectivity index is 1.54. The fourth-order valence-electron chi connectivity index (χ4n) is 3.77. The molecule has 1 amide bonds. The van der Waals surface area contributed by atoms with E-state index in [2.05, 4.69) is 32.1 Å². The third-order valence-electron chi connectivity index (χ3n) is 5.43. The Bertz CT molecular complexity index is 1080. The number of ether oxygens (including phenoxy) is 2. The van der Waals surface area contributed by atoms with Crippen LogP contribution in [0, 0.1) is 11.3 Å². The third kappa shape index (κ3) is 5.01. The number of carbonyl (C=O) groups is 1. The summed E-state index contributed by atoms with van der Waals surface area (Å²) >= 11 is 4.74. The van der Waals surface area contributed by atoms with Crippen molar-refractivity contribution < 1.29 is 14.3 Å². The van der Waals surface area contributed by atoms with Gasteiger partial charge in [-0.1, -0.05) is 27.7 Å². The Hall–Kier alpha value is -2.60. The van der Waals surface area contributed by atoms with Gasteiger partial charge >= 0.3 is 0 Å². The van der Waals surface area contributed by atoms with Gasteiger partial charge in [-0.15, -0.1) is 0 Å². The van der Waals surface area contributed by atoms with E-state index in [1.807, 2.05) is 36.1 Å². The molecule has 0 bridgehead atoms. The van der Waals surface area contributed by atoms with Crippen LogP contribution >= 0.6 is 27.7 Å². The average molecular weight is 533 g/mol. The molecule has 0 aliphatic carbocycles. The van der Waals surface area contributed by atoms with Gasteiger partial charge < -0.3 is 14.8 Å². The van der Waals surface area contributed by atoms with Gasteiger partial charge in [0.15, 0.2) is 5.17 Å². The molecule has 9 nitrogen and oxygen atoms in total. The second-order valence-corrected chi connectivity index (χ2v) is 9.42. The molecule has 0 aromatic heterocycles. The predicted molar refractivity (Wildman–Crippen MR) is 135 cm³/mol. The first-order valence-corrected chi connectivity index (χ1v) is 12.1. The van der Waals surface area contributed by atoms with Gasteiger partial charge in [-0.2, -0.15) is 0 Å². The van der Waals surface area contributed by atoms with Crippen LogP contribution in [0.25, 0.3) is 0 Å². The number of fused-ring (bicyclic) bond motifs is 1. The number of aliphatic imine (C=N–C) groups is 1. The summed E-state index contributed by atoms with van der Waals surface area (Å²) in [5, 5.41) is 12.4. The standard InChI is InChI=1S/C22H25BrN6O3S/c1-12-19-20(24)29(14-6-4-13(23)5-7-14)22(26-21(19)28-27-12)33-11-18(30)25-16-10-15(31-2)8-9-17(16)32-3/h4-10,12,19,21,24,27-28H,11H2,1-3H3,(H,25,30). The number of anilines is 2. The molecule has 4 rings (SSSR count). The highest BCUT2D eigenvalue weighted by Crippen LogP contribution is 2.33. The highest BCUT2D eigenvalue weighted by Gasteiger charge is 2.43. The van der Waals surface area contributed by atoms with Crippen LogP contribution in [0.4, 0.5) is 11.4 Å². The van der Waals surface area contributed by atoms with E-state index in [4.69, 9.17) is 19.9 Å². The van der Waals surface area contributed by atoms with Gasteiger partial charge in [-0.05, 0) is 43.3 Å². The summed E-state index contributed by atoms with van der Waals surface area (Å²) < 4.78 is 11.5. The zero-order valence-corrected chi connectivity index (χ0v) is 20.8. The number of amides is 1. The van der Waals surface area contributed by atoms with Crippen LogP contribution in [0.5, 0.6) is 11.5 Å². The van der Waals surface area contributed by atoms with E-state index in [1.54, 1.807) is 32.4 Å². The van der Waals surface area contributed by atoms with Crippen LogP contribution in [-0.4, -0.2) is 49.1 Å². The van der Waals surface area contributed by atoms with Gasteiger partial charge in [0, 0.05) is 22.3 Å². The largest absolute Gasteiger partial charge is 0.497 e. The molecule has 2 heterocycles. The zero-order chi connectivity index (χ0) is 23.5. The number of carbonyl (C=O) groups excluding carboxylic acids is 1. The first-order chi connectivity index (χ1) is 15.9. The Morgan fingerprint density at radius 1 is 1.21 bits per heavy atom. The smallest absolute Gasteiger partial charge is 0.234 e. The van der Waals surface area contributed by atoms with Crippen LogP contribution < -0.4 is 30.5 Å². The van der Waals surface area contributed by atoms with E-state index in [0.717, 1.165) is 10.2 Å². The number of halogens is 1. The summed E-state index contributed by atoms with van der Waals surface area (Å²) in [5.41, 5.74) is 7.67. The highest BCUT2D eigenvalue weighted by atomic mass is 79.9. The van der Waals surface area contributed by atoms with E-state index in [0.29, 0.717) is 28.2 Å². The zero-order valence-electron chi connectivity index (χ0n) is 18.4. The van der Waals surface area contributed by atoms with Crippen LogP contribution in [0.15, 0.2) is 51.9 Å². The van der Waals surface area contributed by atoms with Crippen molar-refractivity contribution in [2.75, 3.05) is 30.2 Å². The molecule has 1 fully saturated rings. The maximum absolute atomic E-state index is 12.8. The number of methoxy groups -OCH3 is 2. The maximum atomic E-state index is 12.8. The molecule has 3 atom stereocenters. The summed E-state index contributed by atoms with van der Waals surface area (Å²) in [6, 6.07) is 13.0. The van der Waals surface area contributed by atoms with E-state index in [9.17, 15) is 4.79 Å². The third-order valence-corrected chi connectivity index (χ3v) is 6.91. The van der Waals surface area contributed by atoms with Crippen molar-refractivity contribution in [3.8, 4) is 11.5 Å². The van der Waals surface area contributed by atoms with Crippen LogP contribution in [0.2, 0.25) is 0 Å². The summed E-state index contributed by atoms with van der Waals surface area (Å²) in [6.07, 6.45) is -0.261. The molecule has 11 heteroatoms. The second-order valence-electron chi connectivity index (χ2n) is 7.56. The lowest BCUT2D eigenvalue weighted by molar-refractivity contribution is -0.113. The Morgan fingerprint density at radius 2 is 1.97 bits per heavy atom. The number of hydrogen-bond acceptors (Lipinski definition) is 8. The number of thioether (sulfide) groups is 1. The molecule has 2 aromatic rings. The lowest BCUT2D eigenvalue weighted by Gasteiger charge is -2.35. The topological polar surface area (TPSA) is 111 Å². The van der Waals surface area contributed by atoms with Gasteiger partial charge in [-0.25, -0.2) is 10.4 Å². The average Bonchev–Trinajstić information content (AvgIpc) is 3.19. The second kappa shape index (κ2) is 10.1. The van der Waals surface area contributed by atoms with Crippen molar-refractivity contribution in [3.05, 3.63) is 46.9 Å². The quantitative estimate of drug-likeness (QED) is 0.450. The highest BCUT2D eigenvalue weighted by molar-refractivity contribution is 9.10. The molecular weight excluding hydrogens is 508 g/mol. The summed E-state index contributed by atoms with van der Waals surface area (Å²) in [7, 11) is 3.11. The minimum absolute atomic E-state index is 0.0552. The molecule has 1 saturated heterocycles. The van der Waals surface area contributed by atoms with E-state index in [1.165, 1.54) is 11.8 Å². The fourth-order valence-corrected chi connectivity index (χ4v) is 4.88. The molecule has 3 unspecified atom stereocenters. The van der Waals surface area contributed by atoms with Crippen molar-refractivity contribution in [2.24, 2.45) is 10.9 Å². The van der Waals surface area contributed by atoms with Crippen molar-refractivity contribution in [3.63, 3.8) is 0 Å². The number of amidine groups is 2. The first kappa shape index (κ1) is 23.6. The molecule has 0 saturated carbocycles. The van der Waals surface area contributed by atoms with Crippen LogP contribution in [-0.2, 0) is 4.79 Å². The van der Waals surface area contributed by atoms with Crippen LogP contribution in [0.3, 0.4) is 0 Å². The fraction of sp³-hybridized carbons (Fsp3) is 0.318. The summed E-state index contributed by atoms with van der Waals surface area (Å²) in [6.45, 7) is 2.02. The maximum Gasteiger partial charge on any atom is 0.234 e. The number of hydrogen-bond donors (Lipinski definition) is 4. The molecule has 0 spiro atoms. The van der Waals surface area contributed by atoms with Crippen molar-refractivity contribution in [1.82, 2.24) is 10.9 Å². The predicted octanol–water partition coefficient (Wildman–Crippen LogP) is 3.43. The number of nitrogens with one attached hydrogen (secondary N) is 4. The normalized spacial score (nSPS) is 21.9. The van der Waals surface area contributed by atoms with Crippen molar-refractivity contribution >= 4 is 56.0 Å². The van der Waals surface area contributed by atoms with Crippen LogP contribution in [0.1, 0.15) is 6.92 Å². The first-order valence-electron chi connectivity index (χ1n) is 10.3. The van der Waals surface area contributed by atoms with Gasteiger partial charge in [0.1, 0.15) is 23.5 Å².